The molecule has 4 nitrogen and oxygen atoms in total. The maximum absolute atomic E-state index is 5.33. The van der Waals surface area contributed by atoms with Crippen molar-refractivity contribution in [3.63, 3.8) is 0 Å². The summed E-state index contributed by atoms with van der Waals surface area (Å²) in [7, 11) is 0. The van der Waals surface area contributed by atoms with E-state index < -0.39 is 0 Å². The average Bonchev–Trinajstić information content (AvgIpc) is 2.84. The van der Waals surface area contributed by atoms with E-state index in [1.165, 1.54) is 5.56 Å². The largest absolute Gasteiger partial charge is 0.339 e. The molecule has 0 aliphatic heterocycles. The fraction of sp³-hybridized carbons (Fsp3) is 0.467. The predicted molar refractivity (Wildman–Crippen MR) is 83.6 cm³/mol. The molecule has 1 unspecified atom stereocenters. The second-order valence-electron chi connectivity index (χ2n) is 5.05. The molecule has 0 radical (unpaired) electrons. The van der Waals surface area contributed by atoms with Gasteiger partial charge in [0.05, 0.1) is 0 Å². The SMILES string of the molecule is CCCNC(C)Cc1nc(-c2ccc(C)cc2Br)no1. The van der Waals surface area contributed by atoms with Gasteiger partial charge in [-0.2, -0.15) is 4.98 Å². The van der Waals surface area contributed by atoms with Crippen LogP contribution in [0, 0.1) is 6.92 Å². The zero-order chi connectivity index (χ0) is 14.5. The molecule has 2 rings (SSSR count). The summed E-state index contributed by atoms with van der Waals surface area (Å²) in [6.45, 7) is 7.34. The molecule has 1 heterocycles. The van der Waals surface area contributed by atoms with Gasteiger partial charge in [-0.3, -0.25) is 0 Å². The van der Waals surface area contributed by atoms with Crippen LogP contribution >= 0.6 is 15.9 Å². The summed E-state index contributed by atoms with van der Waals surface area (Å²) in [6.07, 6.45) is 1.87. The topological polar surface area (TPSA) is 51.0 Å². The summed E-state index contributed by atoms with van der Waals surface area (Å²) in [5.41, 5.74) is 2.15. The second-order valence-corrected chi connectivity index (χ2v) is 5.91. The lowest BCUT2D eigenvalue weighted by Gasteiger charge is -2.09. The van der Waals surface area contributed by atoms with Gasteiger partial charge >= 0.3 is 0 Å². The highest BCUT2D eigenvalue weighted by Crippen LogP contribution is 2.27. The van der Waals surface area contributed by atoms with Crippen molar-refractivity contribution in [3.05, 3.63) is 34.1 Å². The Hall–Kier alpha value is -1.20. The number of nitrogens with zero attached hydrogens (tertiary/aromatic N) is 2. The number of hydrogen-bond acceptors (Lipinski definition) is 4. The highest BCUT2D eigenvalue weighted by molar-refractivity contribution is 9.10. The molecule has 1 atom stereocenters. The Morgan fingerprint density at radius 1 is 1.40 bits per heavy atom. The molecule has 0 aliphatic rings. The molecule has 2 aromatic rings. The molecule has 20 heavy (non-hydrogen) atoms. The van der Waals surface area contributed by atoms with Crippen molar-refractivity contribution in [2.75, 3.05) is 6.54 Å². The molecular weight excluding hydrogens is 318 g/mol. The lowest BCUT2D eigenvalue weighted by atomic mass is 10.1. The molecular formula is C15H20BrN3O. The molecule has 0 fully saturated rings. The molecule has 0 bridgehead atoms. The van der Waals surface area contributed by atoms with Crippen LogP contribution in [0.15, 0.2) is 27.2 Å². The van der Waals surface area contributed by atoms with Gasteiger partial charge in [-0.15, -0.1) is 0 Å². The van der Waals surface area contributed by atoms with Gasteiger partial charge in [-0.25, -0.2) is 0 Å². The predicted octanol–water partition coefficient (Wildman–Crippen LogP) is 3.74. The summed E-state index contributed by atoms with van der Waals surface area (Å²) in [6, 6.07) is 6.44. The zero-order valence-corrected chi connectivity index (χ0v) is 13.7. The minimum atomic E-state index is 0.338. The summed E-state index contributed by atoms with van der Waals surface area (Å²) >= 11 is 3.54. The highest BCUT2D eigenvalue weighted by Gasteiger charge is 2.13. The van der Waals surface area contributed by atoms with E-state index in [1.807, 2.05) is 12.1 Å². The number of benzene rings is 1. The van der Waals surface area contributed by atoms with Crippen LogP contribution in [0.25, 0.3) is 11.4 Å². The third-order valence-electron chi connectivity index (χ3n) is 3.06. The first kappa shape index (κ1) is 15.2. The minimum absolute atomic E-state index is 0.338. The van der Waals surface area contributed by atoms with Crippen LogP contribution in [0.4, 0.5) is 0 Å². The normalized spacial score (nSPS) is 12.6. The van der Waals surface area contributed by atoms with Crippen molar-refractivity contribution in [2.24, 2.45) is 0 Å². The molecule has 0 amide bonds. The number of nitrogens with one attached hydrogen (secondary N) is 1. The Labute approximate surface area is 128 Å². The van der Waals surface area contributed by atoms with Crippen molar-refractivity contribution in [1.29, 1.82) is 0 Å². The first-order valence-corrected chi connectivity index (χ1v) is 7.72. The Morgan fingerprint density at radius 2 is 2.20 bits per heavy atom. The Kier molecular flexibility index (Phi) is 5.31. The van der Waals surface area contributed by atoms with E-state index >= 15 is 0 Å². The van der Waals surface area contributed by atoms with Gasteiger partial charge in [0.1, 0.15) is 0 Å². The number of aryl methyl sites for hydroxylation is 1. The van der Waals surface area contributed by atoms with E-state index in [-0.39, 0.29) is 0 Å². The van der Waals surface area contributed by atoms with Gasteiger partial charge in [-0.05, 0) is 44.5 Å². The van der Waals surface area contributed by atoms with Crippen LogP contribution in [0.3, 0.4) is 0 Å². The molecule has 1 N–H and O–H groups in total. The minimum Gasteiger partial charge on any atom is -0.339 e. The summed E-state index contributed by atoms with van der Waals surface area (Å²) in [5, 5.41) is 7.48. The monoisotopic (exact) mass is 337 g/mol. The maximum Gasteiger partial charge on any atom is 0.228 e. The van der Waals surface area contributed by atoms with Gasteiger partial charge in [0.15, 0.2) is 0 Å². The average molecular weight is 338 g/mol. The second kappa shape index (κ2) is 6.99. The molecule has 0 spiro atoms. The first-order chi connectivity index (χ1) is 9.60. The molecule has 0 aliphatic carbocycles. The summed E-state index contributed by atoms with van der Waals surface area (Å²) in [5.74, 6) is 1.30. The van der Waals surface area contributed by atoms with E-state index in [0.717, 1.165) is 29.4 Å². The number of halogens is 1. The third kappa shape index (κ3) is 3.90. The lowest BCUT2D eigenvalue weighted by Crippen LogP contribution is -2.28. The van der Waals surface area contributed by atoms with E-state index in [1.54, 1.807) is 0 Å². The zero-order valence-electron chi connectivity index (χ0n) is 12.1. The first-order valence-electron chi connectivity index (χ1n) is 6.92. The van der Waals surface area contributed by atoms with Crippen LogP contribution in [0.2, 0.25) is 0 Å². The maximum atomic E-state index is 5.33. The van der Waals surface area contributed by atoms with Crippen LogP contribution in [0.5, 0.6) is 0 Å². The summed E-state index contributed by atoms with van der Waals surface area (Å²) < 4.78 is 6.32. The summed E-state index contributed by atoms with van der Waals surface area (Å²) in [4.78, 5) is 4.47. The van der Waals surface area contributed by atoms with Crippen LogP contribution in [0.1, 0.15) is 31.7 Å². The standard InChI is InChI=1S/C15H20BrN3O/c1-4-7-17-11(3)9-14-18-15(19-20-14)12-6-5-10(2)8-13(12)16/h5-6,8,11,17H,4,7,9H2,1-3H3. The molecule has 108 valence electrons. The van der Waals surface area contributed by atoms with Crippen LogP contribution < -0.4 is 5.32 Å². The van der Waals surface area contributed by atoms with Crippen molar-refractivity contribution in [2.45, 2.75) is 39.7 Å². The van der Waals surface area contributed by atoms with E-state index in [4.69, 9.17) is 4.52 Å². The quantitative estimate of drug-likeness (QED) is 0.872. The fourth-order valence-electron chi connectivity index (χ4n) is 1.97. The van der Waals surface area contributed by atoms with Gasteiger partial charge in [0, 0.05) is 22.5 Å². The highest BCUT2D eigenvalue weighted by atomic mass is 79.9. The van der Waals surface area contributed by atoms with Gasteiger partial charge in [0.2, 0.25) is 11.7 Å². The molecule has 0 saturated carbocycles. The van der Waals surface area contributed by atoms with Gasteiger partial charge in [-0.1, -0.05) is 34.1 Å². The Balaban J connectivity index is 2.08. The van der Waals surface area contributed by atoms with Crippen molar-refractivity contribution in [1.82, 2.24) is 15.5 Å². The number of rotatable bonds is 6. The lowest BCUT2D eigenvalue weighted by molar-refractivity contribution is 0.362. The number of hydrogen-bond donors (Lipinski definition) is 1. The molecule has 5 heteroatoms. The van der Waals surface area contributed by atoms with Gasteiger partial charge in [0.25, 0.3) is 0 Å². The van der Waals surface area contributed by atoms with Crippen LogP contribution in [-0.4, -0.2) is 22.7 Å². The van der Waals surface area contributed by atoms with E-state index in [2.05, 4.69) is 58.2 Å². The third-order valence-corrected chi connectivity index (χ3v) is 3.71. The van der Waals surface area contributed by atoms with E-state index in [0.29, 0.717) is 17.8 Å². The molecule has 0 saturated heterocycles. The van der Waals surface area contributed by atoms with E-state index in [9.17, 15) is 0 Å². The fourth-order valence-corrected chi connectivity index (χ4v) is 2.64. The number of aromatic nitrogens is 2. The molecule has 1 aromatic heterocycles. The molecule has 1 aromatic carbocycles. The van der Waals surface area contributed by atoms with Gasteiger partial charge < -0.3 is 9.84 Å². The Morgan fingerprint density at radius 3 is 2.90 bits per heavy atom. The van der Waals surface area contributed by atoms with Crippen molar-refractivity contribution < 1.29 is 4.52 Å². The Bertz CT molecular complexity index is 568. The smallest absolute Gasteiger partial charge is 0.228 e. The van der Waals surface area contributed by atoms with Crippen molar-refractivity contribution >= 4 is 15.9 Å². The van der Waals surface area contributed by atoms with Crippen molar-refractivity contribution in [3.8, 4) is 11.4 Å². The van der Waals surface area contributed by atoms with Crippen LogP contribution in [-0.2, 0) is 6.42 Å².